The Balaban J connectivity index is 2.75. The summed E-state index contributed by atoms with van der Waals surface area (Å²) in [6.07, 6.45) is 1.42. The van der Waals surface area contributed by atoms with Gasteiger partial charge in [0.25, 0.3) is 5.91 Å². The third-order valence-corrected chi connectivity index (χ3v) is 2.59. The van der Waals surface area contributed by atoms with E-state index in [0.29, 0.717) is 17.7 Å². The zero-order valence-electron chi connectivity index (χ0n) is 10.7. The van der Waals surface area contributed by atoms with Crippen molar-refractivity contribution in [1.29, 1.82) is 0 Å². The highest BCUT2D eigenvalue weighted by Gasteiger charge is 2.19. The fraction of sp³-hybridized carbons (Fsp3) is 0.385. The molecule has 2 amide bonds. The minimum absolute atomic E-state index is 0.186. The molecule has 18 heavy (non-hydrogen) atoms. The summed E-state index contributed by atoms with van der Waals surface area (Å²) < 4.78 is 0. The second-order valence-electron chi connectivity index (χ2n) is 4.05. The SMILES string of the molecule is CCCC(NC(=O)c1cccc(N)c1)C(=O)NC. The number of anilines is 1. The van der Waals surface area contributed by atoms with Crippen LogP contribution in [0.5, 0.6) is 0 Å². The van der Waals surface area contributed by atoms with Gasteiger partial charge < -0.3 is 16.4 Å². The summed E-state index contributed by atoms with van der Waals surface area (Å²) in [5.41, 5.74) is 6.59. The first-order valence-corrected chi connectivity index (χ1v) is 5.96. The lowest BCUT2D eigenvalue weighted by atomic mass is 10.1. The molecule has 1 aromatic rings. The van der Waals surface area contributed by atoms with Crippen LogP contribution in [0.1, 0.15) is 30.1 Å². The molecule has 0 aliphatic carbocycles. The highest BCUT2D eigenvalue weighted by Crippen LogP contribution is 2.07. The van der Waals surface area contributed by atoms with Crippen molar-refractivity contribution in [3.8, 4) is 0 Å². The summed E-state index contributed by atoms with van der Waals surface area (Å²) in [5, 5.41) is 5.25. The first-order chi connectivity index (χ1) is 8.58. The molecule has 98 valence electrons. The maximum atomic E-state index is 12.0. The quantitative estimate of drug-likeness (QED) is 0.678. The average Bonchev–Trinajstić information content (AvgIpc) is 2.37. The molecule has 5 heteroatoms. The number of rotatable bonds is 5. The van der Waals surface area contributed by atoms with E-state index < -0.39 is 6.04 Å². The number of amides is 2. The Hall–Kier alpha value is -2.04. The highest BCUT2D eigenvalue weighted by atomic mass is 16.2. The number of benzene rings is 1. The van der Waals surface area contributed by atoms with Crippen LogP contribution in [0, 0.1) is 0 Å². The van der Waals surface area contributed by atoms with Crippen molar-refractivity contribution in [2.75, 3.05) is 12.8 Å². The molecule has 0 bridgehead atoms. The van der Waals surface area contributed by atoms with Crippen LogP contribution in [0.15, 0.2) is 24.3 Å². The van der Waals surface area contributed by atoms with E-state index in [2.05, 4.69) is 10.6 Å². The Labute approximate surface area is 107 Å². The van der Waals surface area contributed by atoms with Gasteiger partial charge in [-0.05, 0) is 24.6 Å². The number of carbonyl (C=O) groups excluding carboxylic acids is 2. The highest BCUT2D eigenvalue weighted by molar-refractivity contribution is 5.98. The second kappa shape index (κ2) is 6.64. The van der Waals surface area contributed by atoms with Gasteiger partial charge in [-0.1, -0.05) is 19.4 Å². The maximum absolute atomic E-state index is 12.0. The molecule has 0 radical (unpaired) electrons. The first kappa shape index (κ1) is 14.0. The molecule has 5 nitrogen and oxygen atoms in total. The first-order valence-electron chi connectivity index (χ1n) is 5.96. The zero-order chi connectivity index (χ0) is 13.5. The van der Waals surface area contributed by atoms with Gasteiger partial charge in [0.05, 0.1) is 0 Å². The van der Waals surface area contributed by atoms with E-state index in [4.69, 9.17) is 5.73 Å². The van der Waals surface area contributed by atoms with Gasteiger partial charge in [0.15, 0.2) is 0 Å². The van der Waals surface area contributed by atoms with Crippen molar-refractivity contribution in [3.63, 3.8) is 0 Å². The van der Waals surface area contributed by atoms with Crippen LogP contribution < -0.4 is 16.4 Å². The summed E-state index contributed by atoms with van der Waals surface area (Å²) >= 11 is 0. The number of hydrogen-bond acceptors (Lipinski definition) is 3. The normalized spacial score (nSPS) is 11.7. The molecule has 0 heterocycles. The smallest absolute Gasteiger partial charge is 0.252 e. The molecule has 0 spiro atoms. The van der Waals surface area contributed by atoms with Gasteiger partial charge in [-0.2, -0.15) is 0 Å². The van der Waals surface area contributed by atoms with E-state index in [1.807, 2.05) is 6.92 Å². The van der Waals surface area contributed by atoms with E-state index in [1.165, 1.54) is 0 Å². The Morgan fingerprint density at radius 3 is 2.67 bits per heavy atom. The number of nitrogens with two attached hydrogens (primary N) is 1. The van der Waals surface area contributed by atoms with E-state index >= 15 is 0 Å². The van der Waals surface area contributed by atoms with E-state index in [1.54, 1.807) is 31.3 Å². The predicted octanol–water partition coefficient (Wildman–Crippen LogP) is 0.913. The van der Waals surface area contributed by atoms with Crippen molar-refractivity contribution in [1.82, 2.24) is 10.6 Å². The van der Waals surface area contributed by atoms with Crippen LogP contribution in [-0.4, -0.2) is 24.9 Å². The van der Waals surface area contributed by atoms with E-state index in [-0.39, 0.29) is 11.8 Å². The monoisotopic (exact) mass is 249 g/mol. The van der Waals surface area contributed by atoms with Gasteiger partial charge in [-0.3, -0.25) is 9.59 Å². The average molecular weight is 249 g/mol. The molecule has 1 rings (SSSR count). The molecule has 0 aromatic heterocycles. The Kier molecular flexibility index (Phi) is 5.17. The fourth-order valence-corrected chi connectivity index (χ4v) is 1.65. The Bertz CT molecular complexity index is 432. The van der Waals surface area contributed by atoms with Gasteiger partial charge in [0, 0.05) is 18.3 Å². The van der Waals surface area contributed by atoms with Crippen LogP contribution in [0.25, 0.3) is 0 Å². The molecule has 0 aliphatic heterocycles. The second-order valence-corrected chi connectivity index (χ2v) is 4.05. The number of nitrogens with one attached hydrogen (secondary N) is 2. The van der Waals surface area contributed by atoms with E-state index in [0.717, 1.165) is 6.42 Å². The number of nitrogen functional groups attached to an aromatic ring is 1. The summed E-state index contributed by atoms with van der Waals surface area (Å²) in [6.45, 7) is 1.96. The van der Waals surface area contributed by atoms with Gasteiger partial charge in [-0.15, -0.1) is 0 Å². The molecule has 0 saturated carbocycles. The van der Waals surface area contributed by atoms with Gasteiger partial charge in [-0.25, -0.2) is 0 Å². The van der Waals surface area contributed by atoms with Crippen LogP contribution in [0.2, 0.25) is 0 Å². The molecule has 1 unspecified atom stereocenters. The largest absolute Gasteiger partial charge is 0.399 e. The molecular formula is C13H19N3O2. The molecule has 0 saturated heterocycles. The number of likely N-dealkylation sites (N-methyl/N-ethyl adjacent to an activating group) is 1. The lowest BCUT2D eigenvalue weighted by Crippen LogP contribution is -2.45. The fourth-order valence-electron chi connectivity index (χ4n) is 1.65. The summed E-state index contributed by atoms with van der Waals surface area (Å²) in [4.78, 5) is 23.5. The molecule has 0 aliphatic rings. The summed E-state index contributed by atoms with van der Waals surface area (Å²) in [7, 11) is 1.55. The van der Waals surface area contributed by atoms with Gasteiger partial charge in [0.2, 0.25) is 5.91 Å². The van der Waals surface area contributed by atoms with Crippen LogP contribution in [-0.2, 0) is 4.79 Å². The molecule has 4 N–H and O–H groups in total. The lowest BCUT2D eigenvalue weighted by Gasteiger charge is -2.16. The van der Waals surface area contributed by atoms with Crippen molar-refractivity contribution >= 4 is 17.5 Å². The van der Waals surface area contributed by atoms with Crippen LogP contribution in [0.3, 0.4) is 0 Å². The van der Waals surface area contributed by atoms with Gasteiger partial charge >= 0.3 is 0 Å². The summed E-state index contributed by atoms with van der Waals surface area (Å²) in [6, 6.07) is 6.16. The molecule has 1 aromatic carbocycles. The minimum Gasteiger partial charge on any atom is -0.399 e. The van der Waals surface area contributed by atoms with Crippen molar-refractivity contribution in [2.24, 2.45) is 0 Å². The number of carbonyl (C=O) groups is 2. The number of hydrogen-bond donors (Lipinski definition) is 3. The van der Waals surface area contributed by atoms with E-state index in [9.17, 15) is 9.59 Å². The lowest BCUT2D eigenvalue weighted by molar-refractivity contribution is -0.122. The predicted molar refractivity (Wildman–Crippen MR) is 71.1 cm³/mol. The van der Waals surface area contributed by atoms with Crippen LogP contribution >= 0.6 is 0 Å². The van der Waals surface area contributed by atoms with Crippen LogP contribution in [0.4, 0.5) is 5.69 Å². The standard InChI is InChI=1S/C13H19N3O2/c1-3-5-11(13(18)15-2)16-12(17)9-6-4-7-10(14)8-9/h4,6-8,11H,3,5,14H2,1-2H3,(H,15,18)(H,16,17). The molecule has 0 fully saturated rings. The summed E-state index contributed by atoms with van der Waals surface area (Å²) in [5.74, 6) is -0.474. The Morgan fingerprint density at radius 2 is 2.11 bits per heavy atom. The maximum Gasteiger partial charge on any atom is 0.252 e. The Morgan fingerprint density at radius 1 is 1.39 bits per heavy atom. The van der Waals surface area contributed by atoms with Gasteiger partial charge in [0.1, 0.15) is 6.04 Å². The topological polar surface area (TPSA) is 84.2 Å². The third-order valence-electron chi connectivity index (χ3n) is 2.59. The minimum atomic E-state index is -0.506. The molecular weight excluding hydrogens is 230 g/mol. The van der Waals surface area contributed by atoms with Crippen molar-refractivity contribution in [3.05, 3.63) is 29.8 Å². The van der Waals surface area contributed by atoms with Crippen molar-refractivity contribution < 1.29 is 9.59 Å². The molecule has 1 atom stereocenters. The van der Waals surface area contributed by atoms with Crippen molar-refractivity contribution in [2.45, 2.75) is 25.8 Å². The third kappa shape index (κ3) is 3.76. The zero-order valence-corrected chi connectivity index (χ0v) is 10.7.